The van der Waals surface area contributed by atoms with Crippen LogP contribution in [0, 0.1) is 11.8 Å². The molecule has 0 amide bonds. The normalized spacial score (nSPS) is 20.7. The summed E-state index contributed by atoms with van der Waals surface area (Å²) in [6.07, 6.45) is 6.18. The van der Waals surface area contributed by atoms with E-state index in [1.807, 2.05) is 36.4 Å². The third kappa shape index (κ3) is 5.16. The van der Waals surface area contributed by atoms with Crippen molar-refractivity contribution in [2.45, 2.75) is 35.4 Å². The molecule has 3 aromatic rings. The second kappa shape index (κ2) is 11.0. The minimum Gasteiger partial charge on any atom is -0.481 e. The smallest absolute Gasteiger partial charge is 0.310 e. The second-order valence-electron chi connectivity index (χ2n) is 10.1. The van der Waals surface area contributed by atoms with E-state index in [1.54, 1.807) is 30.5 Å². The van der Waals surface area contributed by atoms with Crippen LogP contribution in [-0.4, -0.2) is 48.6 Å². The number of piperidine rings is 1. The van der Waals surface area contributed by atoms with Gasteiger partial charge in [0, 0.05) is 19.3 Å². The molecule has 0 aromatic heterocycles. The number of hydrogen-bond donors (Lipinski definition) is 1. The zero-order valence-electron chi connectivity index (χ0n) is 21.2. The van der Waals surface area contributed by atoms with E-state index in [1.165, 1.54) is 17.7 Å². The lowest BCUT2D eigenvalue weighted by Crippen LogP contribution is -2.46. The lowest BCUT2D eigenvalue weighted by atomic mass is 9.89. The molecule has 1 fully saturated rings. The van der Waals surface area contributed by atoms with Crippen molar-refractivity contribution in [1.82, 2.24) is 4.90 Å². The van der Waals surface area contributed by atoms with Gasteiger partial charge in [-0.2, -0.15) is 0 Å². The van der Waals surface area contributed by atoms with Crippen LogP contribution in [0.25, 0.3) is 0 Å². The van der Waals surface area contributed by atoms with Gasteiger partial charge in [0.25, 0.3) is 0 Å². The van der Waals surface area contributed by atoms with Crippen molar-refractivity contribution in [3.05, 3.63) is 114 Å². The number of carboxylic acid groups (broad SMARTS) is 1. The van der Waals surface area contributed by atoms with Crippen molar-refractivity contribution in [3.63, 3.8) is 0 Å². The number of hydrogen-bond acceptors (Lipinski definition) is 5. The Kier molecular flexibility index (Phi) is 7.47. The predicted molar refractivity (Wildman–Crippen MR) is 149 cm³/mol. The zero-order chi connectivity index (χ0) is 26.6. The first-order chi connectivity index (χ1) is 18.4. The molecule has 5 rings (SSSR count). The van der Waals surface area contributed by atoms with Crippen LogP contribution in [0.3, 0.4) is 0 Å². The average molecular weight is 529 g/mol. The minimum atomic E-state index is -4.17. The molecule has 0 bridgehead atoms. The lowest BCUT2D eigenvalue weighted by molar-refractivity contribution is -0.142. The van der Waals surface area contributed by atoms with Crippen LogP contribution in [0.15, 0.2) is 113 Å². The zero-order valence-corrected chi connectivity index (χ0v) is 22.0. The van der Waals surface area contributed by atoms with Crippen molar-refractivity contribution >= 4 is 22.0 Å². The summed E-state index contributed by atoms with van der Waals surface area (Å²) in [5.41, 5.74) is 2.76. The Bertz CT molecular complexity index is 1410. The highest BCUT2D eigenvalue weighted by molar-refractivity contribution is 7.93. The number of rotatable bonds is 9. The van der Waals surface area contributed by atoms with Gasteiger partial charge in [-0.25, -0.2) is 8.42 Å². The number of carboxylic acids is 1. The van der Waals surface area contributed by atoms with E-state index in [0.717, 1.165) is 37.9 Å². The van der Waals surface area contributed by atoms with E-state index in [2.05, 4.69) is 34.2 Å². The number of sulfone groups is 1. The Balaban J connectivity index is 1.45. The molecule has 0 radical (unpaired) electrons. The van der Waals surface area contributed by atoms with Crippen molar-refractivity contribution in [2.24, 2.45) is 16.8 Å². The van der Waals surface area contributed by atoms with Crippen LogP contribution in [0.4, 0.5) is 0 Å². The molecule has 6 nitrogen and oxygen atoms in total. The van der Waals surface area contributed by atoms with E-state index >= 15 is 0 Å². The van der Waals surface area contributed by atoms with Gasteiger partial charge in [0.1, 0.15) is 5.92 Å². The summed E-state index contributed by atoms with van der Waals surface area (Å²) in [7, 11) is -4.17. The molecule has 1 saturated heterocycles. The summed E-state index contributed by atoms with van der Waals surface area (Å²) in [5, 5.41) is 10.4. The molecule has 3 aromatic carbocycles. The summed E-state index contributed by atoms with van der Waals surface area (Å²) in [4.78, 5) is 17.5. The molecular weight excluding hydrogens is 496 g/mol. The predicted octanol–water partition coefficient (Wildman–Crippen LogP) is 5.02. The molecule has 0 spiro atoms. The molecule has 2 heterocycles. The SMILES string of the molecule is O=C(O)C(Cc1ccccc1)C1(S(=O)(=O)c2ccccc2)C=C(N2CCC(Cc3ccccc3)CC2)C=N1. The maximum absolute atomic E-state index is 14.1. The van der Waals surface area contributed by atoms with Gasteiger partial charge in [-0.3, -0.25) is 9.79 Å². The third-order valence-corrected chi connectivity index (χ3v) is 9.93. The maximum atomic E-state index is 14.1. The quantitative estimate of drug-likeness (QED) is 0.421. The first-order valence-corrected chi connectivity index (χ1v) is 14.5. The lowest BCUT2D eigenvalue weighted by Gasteiger charge is -2.34. The maximum Gasteiger partial charge on any atom is 0.310 e. The first-order valence-electron chi connectivity index (χ1n) is 13.0. The van der Waals surface area contributed by atoms with Gasteiger partial charge in [0.15, 0.2) is 4.87 Å². The van der Waals surface area contributed by atoms with E-state index < -0.39 is 26.6 Å². The number of aliphatic imine (C=N–C) groups is 1. The van der Waals surface area contributed by atoms with E-state index in [-0.39, 0.29) is 11.3 Å². The standard InChI is InChI=1S/C31H32N2O4S/c34-30(35)29(21-25-12-6-2-7-13-25)31(38(36,37)28-14-8-3-9-15-28)22-27(23-32-31)33-18-16-26(17-19-33)20-24-10-4-1-5-11-24/h1-15,22-23,26,29H,16-21H2,(H,34,35). The number of likely N-dealkylation sites (tertiary alicyclic amines) is 1. The van der Waals surface area contributed by atoms with Crippen LogP contribution in [0.2, 0.25) is 0 Å². The fourth-order valence-electron chi connectivity index (χ4n) is 5.54. The number of allylic oxidation sites excluding steroid dienone is 1. The molecule has 0 aliphatic carbocycles. The Hall–Kier alpha value is -3.71. The van der Waals surface area contributed by atoms with Crippen LogP contribution in [0.1, 0.15) is 24.0 Å². The number of carbonyl (C=O) groups is 1. The van der Waals surface area contributed by atoms with Crippen LogP contribution >= 0.6 is 0 Å². The molecule has 2 aliphatic rings. The van der Waals surface area contributed by atoms with Gasteiger partial charge in [0.05, 0.1) is 10.6 Å². The van der Waals surface area contributed by atoms with Gasteiger partial charge in [0.2, 0.25) is 9.84 Å². The number of benzene rings is 3. The van der Waals surface area contributed by atoms with E-state index in [0.29, 0.717) is 11.6 Å². The Morgan fingerprint density at radius 3 is 2.03 bits per heavy atom. The van der Waals surface area contributed by atoms with Gasteiger partial charge < -0.3 is 10.0 Å². The largest absolute Gasteiger partial charge is 0.481 e. The van der Waals surface area contributed by atoms with Crippen LogP contribution in [0.5, 0.6) is 0 Å². The highest BCUT2D eigenvalue weighted by atomic mass is 32.2. The van der Waals surface area contributed by atoms with Crippen molar-refractivity contribution in [3.8, 4) is 0 Å². The molecule has 2 atom stereocenters. The Morgan fingerprint density at radius 1 is 0.895 bits per heavy atom. The first kappa shape index (κ1) is 25.9. The summed E-state index contributed by atoms with van der Waals surface area (Å²) in [5.74, 6) is -1.93. The molecule has 7 heteroatoms. The minimum absolute atomic E-state index is 0.0442. The molecule has 2 aliphatic heterocycles. The van der Waals surface area contributed by atoms with E-state index in [4.69, 9.17) is 0 Å². The van der Waals surface area contributed by atoms with Crippen molar-refractivity contribution in [1.29, 1.82) is 0 Å². The summed E-state index contributed by atoms with van der Waals surface area (Å²) >= 11 is 0. The molecule has 2 unspecified atom stereocenters. The highest BCUT2D eigenvalue weighted by Crippen LogP contribution is 2.42. The number of nitrogens with zero attached hydrogens (tertiary/aromatic N) is 2. The highest BCUT2D eigenvalue weighted by Gasteiger charge is 2.54. The van der Waals surface area contributed by atoms with Crippen molar-refractivity contribution in [2.75, 3.05) is 13.1 Å². The summed E-state index contributed by atoms with van der Waals surface area (Å²) in [6, 6.07) is 27.6. The fraction of sp³-hybridized carbons (Fsp3) is 0.290. The fourth-order valence-corrected chi connectivity index (χ4v) is 7.46. The average Bonchev–Trinajstić information content (AvgIpc) is 3.41. The molecule has 38 heavy (non-hydrogen) atoms. The van der Waals surface area contributed by atoms with E-state index in [9.17, 15) is 18.3 Å². The molecule has 1 N–H and O–H groups in total. The van der Waals surface area contributed by atoms with Gasteiger partial charge >= 0.3 is 5.97 Å². The van der Waals surface area contributed by atoms with Crippen LogP contribution in [-0.2, 0) is 27.5 Å². The third-order valence-electron chi connectivity index (χ3n) is 7.66. The van der Waals surface area contributed by atoms with Gasteiger partial charge in [-0.1, -0.05) is 78.9 Å². The Morgan fingerprint density at radius 2 is 1.45 bits per heavy atom. The Labute approximate surface area is 224 Å². The molecule has 0 saturated carbocycles. The van der Waals surface area contributed by atoms with Gasteiger partial charge in [-0.05, 0) is 60.9 Å². The van der Waals surface area contributed by atoms with Gasteiger partial charge in [-0.15, -0.1) is 0 Å². The topological polar surface area (TPSA) is 87.0 Å². The monoisotopic (exact) mass is 528 g/mol. The van der Waals surface area contributed by atoms with Crippen molar-refractivity contribution < 1.29 is 18.3 Å². The summed E-state index contributed by atoms with van der Waals surface area (Å²) in [6.45, 7) is 1.54. The second-order valence-corrected chi connectivity index (χ2v) is 12.2. The van der Waals surface area contributed by atoms with Crippen LogP contribution < -0.4 is 0 Å². The molecule has 196 valence electrons. The summed E-state index contributed by atoms with van der Waals surface area (Å²) < 4.78 is 28.3. The number of aliphatic carboxylic acids is 1. The molecular formula is C31H32N2O4S.